The van der Waals surface area contributed by atoms with Crippen LogP contribution in [0.5, 0.6) is 0 Å². The van der Waals surface area contributed by atoms with E-state index in [1.807, 2.05) is 0 Å². The fraction of sp³-hybridized carbons (Fsp3) is 0.650. The van der Waals surface area contributed by atoms with Gasteiger partial charge in [-0.05, 0) is 31.9 Å². The lowest BCUT2D eigenvalue weighted by Gasteiger charge is -2.37. The molecule has 2 heterocycles. The number of benzene rings is 1. The second-order valence-electron chi connectivity index (χ2n) is 7.84. The van der Waals surface area contributed by atoms with Gasteiger partial charge in [-0.2, -0.15) is 0 Å². The molecule has 1 spiro atoms. The predicted octanol–water partition coefficient (Wildman–Crippen LogP) is 2.99. The summed E-state index contributed by atoms with van der Waals surface area (Å²) in [5.74, 6) is 0.0864. The number of cyclic esters (lactones) is 1. The average molecular weight is 328 g/mol. The van der Waals surface area contributed by atoms with Crippen molar-refractivity contribution < 1.29 is 9.53 Å². The minimum atomic E-state index is -0.117. The summed E-state index contributed by atoms with van der Waals surface area (Å²) in [6.07, 6.45) is 5.53. The summed E-state index contributed by atoms with van der Waals surface area (Å²) in [6, 6.07) is 8.79. The maximum Gasteiger partial charge on any atom is 0.312 e. The van der Waals surface area contributed by atoms with E-state index < -0.39 is 0 Å². The first-order valence-corrected chi connectivity index (χ1v) is 9.40. The summed E-state index contributed by atoms with van der Waals surface area (Å²) in [5, 5.41) is 0. The quantitative estimate of drug-likeness (QED) is 0.799. The third kappa shape index (κ3) is 3.04. The van der Waals surface area contributed by atoms with Crippen LogP contribution in [0, 0.1) is 12.3 Å². The molecule has 24 heavy (non-hydrogen) atoms. The van der Waals surface area contributed by atoms with Gasteiger partial charge in [-0.1, -0.05) is 30.5 Å². The highest BCUT2D eigenvalue weighted by Gasteiger charge is 2.50. The van der Waals surface area contributed by atoms with Crippen molar-refractivity contribution in [3.05, 3.63) is 29.8 Å². The second kappa shape index (κ2) is 6.40. The van der Waals surface area contributed by atoms with Crippen molar-refractivity contribution >= 4 is 11.7 Å². The fourth-order valence-corrected chi connectivity index (χ4v) is 4.63. The zero-order valence-corrected chi connectivity index (χ0v) is 14.7. The number of ether oxygens (including phenoxy) is 1. The van der Waals surface area contributed by atoms with Crippen LogP contribution in [0.3, 0.4) is 0 Å². The van der Waals surface area contributed by atoms with Crippen LogP contribution in [0.1, 0.15) is 37.7 Å². The third-order valence-corrected chi connectivity index (χ3v) is 6.12. The third-order valence-electron chi connectivity index (χ3n) is 6.12. The van der Waals surface area contributed by atoms with Crippen molar-refractivity contribution in [2.75, 3.05) is 37.6 Å². The number of piperazine rings is 1. The summed E-state index contributed by atoms with van der Waals surface area (Å²) < 4.78 is 5.73. The molecule has 3 fully saturated rings. The number of esters is 1. The molecule has 1 aliphatic carbocycles. The first kappa shape index (κ1) is 15.9. The van der Waals surface area contributed by atoms with E-state index in [-0.39, 0.29) is 17.5 Å². The van der Waals surface area contributed by atoms with Crippen LogP contribution in [0.25, 0.3) is 0 Å². The van der Waals surface area contributed by atoms with Crippen molar-refractivity contribution in [3.8, 4) is 0 Å². The molecule has 4 rings (SSSR count). The largest absolute Gasteiger partial charge is 0.461 e. The maximum atomic E-state index is 12.3. The smallest absolute Gasteiger partial charge is 0.312 e. The van der Waals surface area contributed by atoms with E-state index in [4.69, 9.17) is 4.74 Å². The topological polar surface area (TPSA) is 32.8 Å². The van der Waals surface area contributed by atoms with E-state index in [9.17, 15) is 4.79 Å². The standard InChI is InChI=1S/C20H28N2O2/c1-16-4-6-17(7-5-16)22-12-10-21(11-13-22)15-18-14-20(19(23)24-18)8-2-3-9-20/h4-7,18H,2-3,8-15H2,1H3. The fourth-order valence-electron chi connectivity index (χ4n) is 4.63. The van der Waals surface area contributed by atoms with Crippen LogP contribution in [-0.4, -0.2) is 49.7 Å². The van der Waals surface area contributed by atoms with Gasteiger partial charge in [0, 0.05) is 44.8 Å². The van der Waals surface area contributed by atoms with Crippen LogP contribution in [-0.2, 0) is 9.53 Å². The Balaban J connectivity index is 1.29. The lowest BCUT2D eigenvalue weighted by molar-refractivity contribution is -0.149. The molecule has 1 saturated carbocycles. The highest BCUT2D eigenvalue weighted by atomic mass is 16.6. The van der Waals surface area contributed by atoms with E-state index in [1.165, 1.54) is 24.1 Å². The van der Waals surface area contributed by atoms with Crippen LogP contribution in [0.15, 0.2) is 24.3 Å². The maximum absolute atomic E-state index is 12.3. The monoisotopic (exact) mass is 328 g/mol. The SMILES string of the molecule is Cc1ccc(N2CCN(CC3CC4(CCCC4)C(=O)O3)CC2)cc1. The minimum absolute atomic E-state index is 0.0864. The molecule has 0 aromatic heterocycles. The first-order chi connectivity index (χ1) is 11.6. The molecule has 2 aliphatic heterocycles. The summed E-state index contributed by atoms with van der Waals surface area (Å²) in [5.41, 5.74) is 2.51. The van der Waals surface area contributed by atoms with E-state index in [1.54, 1.807) is 0 Å². The number of carbonyl (C=O) groups is 1. The van der Waals surface area contributed by atoms with E-state index in [0.717, 1.165) is 52.0 Å². The van der Waals surface area contributed by atoms with Crippen molar-refractivity contribution in [1.82, 2.24) is 4.90 Å². The molecule has 0 amide bonds. The number of aryl methyl sites for hydroxylation is 1. The lowest BCUT2D eigenvalue weighted by atomic mass is 9.83. The first-order valence-electron chi connectivity index (χ1n) is 9.40. The molecular formula is C20H28N2O2. The lowest BCUT2D eigenvalue weighted by Crippen LogP contribution is -2.48. The van der Waals surface area contributed by atoms with Crippen LogP contribution < -0.4 is 4.90 Å². The Kier molecular flexibility index (Phi) is 4.25. The minimum Gasteiger partial charge on any atom is -0.461 e. The van der Waals surface area contributed by atoms with Crippen molar-refractivity contribution in [3.63, 3.8) is 0 Å². The highest BCUT2D eigenvalue weighted by molar-refractivity contribution is 5.79. The second-order valence-corrected chi connectivity index (χ2v) is 7.84. The van der Waals surface area contributed by atoms with E-state index in [0.29, 0.717) is 0 Å². The van der Waals surface area contributed by atoms with Gasteiger partial charge >= 0.3 is 5.97 Å². The Labute approximate surface area is 144 Å². The molecule has 4 nitrogen and oxygen atoms in total. The van der Waals surface area contributed by atoms with Crippen molar-refractivity contribution in [2.24, 2.45) is 5.41 Å². The van der Waals surface area contributed by atoms with Gasteiger partial charge in [0.05, 0.1) is 5.41 Å². The average Bonchev–Trinajstić information content (AvgIpc) is 3.17. The van der Waals surface area contributed by atoms with Gasteiger partial charge in [0.2, 0.25) is 0 Å². The van der Waals surface area contributed by atoms with Crippen LogP contribution in [0.2, 0.25) is 0 Å². The zero-order chi connectivity index (χ0) is 16.6. The number of carbonyl (C=O) groups excluding carboxylic acids is 1. The van der Waals surface area contributed by atoms with Gasteiger partial charge in [-0.3, -0.25) is 9.69 Å². The molecule has 2 saturated heterocycles. The molecule has 1 atom stereocenters. The molecule has 1 aromatic carbocycles. The molecule has 4 heteroatoms. The number of rotatable bonds is 3. The number of hydrogen-bond donors (Lipinski definition) is 0. The Morgan fingerprint density at radius 3 is 2.42 bits per heavy atom. The number of nitrogens with zero attached hydrogens (tertiary/aromatic N) is 2. The van der Waals surface area contributed by atoms with Gasteiger partial charge in [0.1, 0.15) is 6.10 Å². The van der Waals surface area contributed by atoms with Gasteiger partial charge in [-0.25, -0.2) is 0 Å². The van der Waals surface area contributed by atoms with Gasteiger partial charge < -0.3 is 9.64 Å². The molecule has 0 N–H and O–H groups in total. The van der Waals surface area contributed by atoms with E-state index in [2.05, 4.69) is 41.0 Å². The zero-order valence-electron chi connectivity index (χ0n) is 14.7. The summed E-state index contributed by atoms with van der Waals surface area (Å²) >= 11 is 0. The molecule has 0 bridgehead atoms. The summed E-state index contributed by atoms with van der Waals surface area (Å²) in [7, 11) is 0. The Hall–Kier alpha value is -1.55. The Morgan fingerprint density at radius 2 is 1.75 bits per heavy atom. The predicted molar refractivity (Wildman–Crippen MR) is 95.2 cm³/mol. The summed E-state index contributed by atoms with van der Waals surface area (Å²) in [6.45, 7) is 7.24. The van der Waals surface area contributed by atoms with Crippen molar-refractivity contribution in [2.45, 2.75) is 45.1 Å². The van der Waals surface area contributed by atoms with Gasteiger partial charge in [0.15, 0.2) is 0 Å². The van der Waals surface area contributed by atoms with E-state index >= 15 is 0 Å². The molecular weight excluding hydrogens is 300 g/mol. The van der Waals surface area contributed by atoms with Crippen molar-refractivity contribution in [1.29, 1.82) is 0 Å². The number of hydrogen-bond acceptors (Lipinski definition) is 4. The van der Waals surface area contributed by atoms with Crippen LogP contribution >= 0.6 is 0 Å². The molecule has 1 unspecified atom stereocenters. The molecule has 130 valence electrons. The molecule has 3 aliphatic rings. The summed E-state index contributed by atoms with van der Waals surface area (Å²) in [4.78, 5) is 17.2. The Bertz CT molecular complexity index is 584. The normalized spacial score (nSPS) is 27.0. The number of anilines is 1. The van der Waals surface area contributed by atoms with Crippen LogP contribution in [0.4, 0.5) is 5.69 Å². The molecule has 1 aromatic rings. The highest BCUT2D eigenvalue weighted by Crippen LogP contribution is 2.47. The Morgan fingerprint density at radius 1 is 1.08 bits per heavy atom. The van der Waals surface area contributed by atoms with Gasteiger partial charge in [0.25, 0.3) is 0 Å². The molecule has 0 radical (unpaired) electrons. The van der Waals surface area contributed by atoms with Gasteiger partial charge in [-0.15, -0.1) is 0 Å².